The Balaban J connectivity index is 1.62. The van der Waals surface area contributed by atoms with Crippen molar-refractivity contribution in [3.8, 4) is 6.07 Å². The number of carbonyl (C=O) groups excluding carboxylic acids is 3. The molecule has 1 aromatic carbocycles. The van der Waals surface area contributed by atoms with Gasteiger partial charge < -0.3 is 30.0 Å². The zero-order valence-electron chi connectivity index (χ0n) is 21.8. The number of amides is 3. The van der Waals surface area contributed by atoms with E-state index in [4.69, 9.17) is 9.52 Å². The number of likely N-dealkylation sites (tertiary alicyclic amines) is 2. The van der Waals surface area contributed by atoms with Crippen LogP contribution in [0.4, 0.5) is 5.69 Å². The zero-order chi connectivity index (χ0) is 27.9. The molecule has 0 radical (unpaired) electrons. The molecular formula is C27H32N6O6. The SMILES string of the molecule is Cc1cc2cc(NC(=N[C@H]3CCCCN(CC(=O)N4CCCC4)C3=O)C(C#N)C(=O)NCC(=O)O)ccc2o1. The molecule has 0 spiro atoms. The molecule has 4 rings (SSSR count). The van der Waals surface area contributed by atoms with Crippen LogP contribution < -0.4 is 10.6 Å². The van der Waals surface area contributed by atoms with Gasteiger partial charge in [0.05, 0.1) is 12.6 Å². The number of aliphatic carboxylic acids is 1. The molecule has 3 amide bonds. The first-order valence-electron chi connectivity index (χ1n) is 13.1. The second kappa shape index (κ2) is 12.4. The van der Waals surface area contributed by atoms with Crippen molar-refractivity contribution in [2.45, 2.75) is 45.1 Å². The fourth-order valence-electron chi connectivity index (χ4n) is 4.85. The van der Waals surface area contributed by atoms with Gasteiger partial charge >= 0.3 is 5.97 Å². The highest BCUT2D eigenvalue weighted by Crippen LogP contribution is 2.24. The average molecular weight is 537 g/mol. The smallest absolute Gasteiger partial charge is 0.322 e. The standard InChI is InChI=1S/C27H32N6O6/c1-17-12-18-13-19(7-8-22(18)39-17)30-25(20(14-28)26(37)29-15-24(35)36)31-21-6-2-3-11-33(27(21)38)16-23(34)32-9-4-5-10-32/h7-8,12-13,20-21H,2-6,9-11,15-16H2,1H3,(H,29,37)(H,30,31)(H,35,36)/t20?,21-/m0/s1. The van der Waals surface area contributed by atoms with E-state index in [1.165, 1.54) is 4.90 Å². The summed E-state index contributed by atoms with van der Waals surface area (Å²) in [5, 5.41) is 24.9. The van der Waals surface area contributed by atoms with Gasteiger partial charge in [0, 0.05) is 30.7 Å². The van der Waals surface area contributed by atoms with E-state index in [0.29, 0.717) is 55.9 Å². The average Bonchev–Trinajstić information content (AvgIpc) is 3.53. The number of anilines is 1. The number of aliphatic imine (C=N–C) groups is 1. The first-order chi connectivity index (χ1) is 18.7. The maximum atomic E-state index is 13.5. The Bertz CT molecular complexity index is 1320. The summed E-state index contributed by atoms with van der Waals surface area (Å²) < 4.78 is 5.61. The van der Waals surface area contributed by atoms with Gasteiger partial charge in [0.1, 0.15) is 29.8 Å². The number of hydrogen-bond donors (Lipinski definition) is 3. The van der Waals surface area contributed by atoms with Crippen LogP contribution >= 0.6 is 0 Å². The number of amidine groups is 1. The van der Waals surface area contributed by atoms with Gasteiger partial charge in [-0.3, -0.25) is 24.2 Å². The third kappa shape index (κ3) is 6.93. The third-order valence-corrected chi connectivity index (χ3v) is 6.82. The Labute approximate surface area is 225 Å². The number of nitriles is 1. The summed E-state index contributed by atoms with van der Waals surface area (Å²) in [6, 6.07) is 8.00. The third-order valence-electron chi connectivity index (χ3n) is 6.82. The Kier molecular flexibility index (Phi) is 8.81. The van der Waals surface area contributed by atoms with Crippen molar-refractivity contribution in [3.63, 3.8) is 0 Å². The van der Waals surface area contributed by atoms with Gasteiger partial charge in [-0.15, -0.1) is 0 Å². The van der Waals surface area contributed by atoms with Crippen molar-refractivity contribution in [1.82, 2.24) is 15.1 Å². The van der Waals surface area contributed by atoms with E-state index in [9.17, 15) is 24.4 Å². The van der Waals surface area contributed by atoms with Crippen LogP contribution in [0.3, 0.4) is 0 Å². The molecule has 0 bridgehead atoms. The number of rotatable bonds is 8. The number of carboxylic acid groups (broad SMARTS) is 1. The highest BCUT2D eigenvalue weighted by Gasteiger charge is 2.33. The molecule has 0 saturated carbocycles. The van der Waals surface area contributed by atoms with Gasteiger partial charge in [0.2, 0.25) is 17.7 Å². The van der Waals surface area contributed by atoms with E-state index in [2.05, 4.69) is 15.6 Å². The van der Waals surface area contributed by atoms with Gasteiger partial charge in [-0.05, 0) is 63.3 Å². The minimum atomic E-state index is -1.50. The van der Waals surface area contributed by atoms with Crippen LogP contribution in [-0.2, 0) is 19.2 Å². The number of aryl methyl sites for hydroxylation is 1. The van der Waals surface area contributed by atoms with Crippen LogP contribution in [0.25, 0.3) is 11.0 Å². The quantitative estimate of drug-likeness (QED) is 0.339. The fourth-order valence-corrected chi connectivity index (χ4v) is 4.85. The number of hydrogen-bond acceptors (Lipinski definition) is 7. The lowest BCUT2D eigenvalue weighted by Crippen LogP contribution is -2.45. The van der Waals surface area contributed by atoms with Gasteiger partial charge in [-0.1, -0.05) is 0 Å². The maximum absolute atomic E-state index is 13.5. The van der Waals surface area contributed by atoms with Gasteiger partial charge in [-0.25, -0.2) is 0 Å². The topological polar surface area (TPSA) is 168 Å². The predicted molar refractivity (Wildman–Crippen MR) is 142 cm³/mol. The Morgan fingerprint density at radius 1 is 1.18 bits per heavy atom. The van der Waals surface area contributed by atoms with Crippen LogP contribution in [0.5, 0.6) is 0 Å². The van der Waals surface area contributed by atoms with Crippen LogP contribution in [0.15, 0.2) is 33.7 Å². The molecular weight excluding hydrogens is 504 g/mol. The number of carboxylic acids is 1. The zero-order valence-corrected chi connectivity index (χ0v) is 21.8. The number of benzene rings is 1. The van der Waals surface area contributed by atoms with E-state index in [1.54, 1.807) is 23.1 Å². The van der Waals surface area contributed by atoms with Crippen molar-refractivity contribution < 1.29 is 28.7 Å². The van der Waals surface area contributed by atoms with Crippen LogP contribution in [-0.4, -0.2) is 83.2 Å². The van der Waals surface area contributed by atoms with Crippen molar-refractivity contribution >= 4 is 46.2 Å². The number of carbonyl (C=O) groups is 4. The Morgan fingerprint density at radius 2 is 1.92 bits per heavy atom. The molecule has 2 aliphatic heterocycles. The summed E-state index contributed by atoms with van der Waals surface area (Å²) in [6.07, 6.45) is 3.65. The predicted octanol–water partition coefficient (Wildman–Crippen LogP) is 1.90. The molecule has 1 aromatic heterocycles. The molecule has 2 aliphatic rings. The van der Waals surface area contributed by atoms with Crippen molar-refractivity contribution in [2.24, 2.45) is 10.9 Å². The van der Waals surface area contributed by atoms with Crippen LogP contribution in [0.1, 0.15) is 37.9 Å². The maximum Gasteiger partial charge on any atom is 0.322 e. The second-order valence-corrected chi connectivity index (χ2v) is 9.78. The number of nitrogens with one attached hydrogen (secondary N) is 2. The lowest BCUT2D eigenvalue weighted by molar-refractivity contribution is -0.140. The first-order valence-corrected chi connectivity index (χ1v) is 13.1. The van der Waals surface area contributed by atoms with Crippen molar-refractivity contribution in [3.05, 3.63) is 30.0 Å². The molecule has 2 fully saturated rings. The molecule has 2 saturated heterocycles. The second-order valence-electron chi connectivity index (χ2n) is 9.78. The molecule has 206 valence electrons. The van der Waals surface area contributed by atoms with E-state index < -0.39 is 30.4 Å². The van der Waals surface area contributed by atoms with Gasteiger partial charge in [0.25, 0.3) is 0 Å². The minimum Gasteiger partial charge on any atom is -0.480 e. The summed E-state index contributed by atoms with van der Waals surface area (Å²) >= 11 is 0. The molecule has 2 aromatic rings. The lowest BCUT2D eigenvalue weighted by atomic mass is 10.1. The summed E-state index contributed by atoms with van der Waals surface area (Å²) in [6.45, 7) is 2.91. The normalized spacial score (nSPS) is 18.9. The number of furan rings is 1. The highest BCUT2D eigenvalue weighted by atomic mass is 16.4. The molecule has 39 heavy (non-hydrogen) atoms. The summed E-state index contributed by atoms with van der Waals surface area (Å²) in [7, 11) is 0. The lowest BCUT2D eigenvalue weighted by Gasteiger charge is -2.25. The van der Waals surface area contributed by atoms with E-state index >= 15 is 0 Å². The van der Waals surface area contributed by atoms with E-state index in [1.807, 2.05) is 19.1 Å². The van der Waals surface area contributed by atoms with Crippen LogP contribution in [0, 0.1) is 24.2 Å². The Hall–Kier alpha value is -4.40. The van der Waals surface area contributed by atoms with Crippen LogP contribution in [0.2, 0.25) is 0 Å². The highest BCUT2D eigenvalue weighted by molar-refractivity contribution is 6.13. The molecule has 12 heteroatoms. The molecule has 12 nitrogen and oxygen atoms in total. The monoisotopic (exact) mass is 536 g/mol. The Morgan fingerprint density at radius 3 is 2.64 bits per heavy atom. The fraction of sp³-hybridized carbons (Fsp3) is 0.481. The first kappa shape index (κ1) is 27.6. The minimum absolute atomic E-state index is 0.0368. The van der Waals surface area contributed by atoms with E-state index in [-0.39, 0.29) is 24.2 Å². The van der Waals surface area contributed by atoms with Gasteiger partial charge in [0.15, 0.2) is 5.92 Å². The summed E-state index contributed by atoms with van der Waals surface area (Å²) in [5.74, 6) is -3.42. The molecule has 0 aliphatic carbocycles. The summed E-state index contributed by atoms with van der Waals surface area (Å²) in [4.78, 5) is 57.9. The largest absolute Gasteiger partial charge is 0.480 e. The number of fused-ring (bicyclic) bond motifs is 1. The molecule has 1 unspecified atom stereocenters. The van der Waals surface area contributed by atoms with Crippen molar-refractivity contribution in [1.29, 1.82) is 5.26 Å². The molecule has 3 N–H and O–H groups in total. The molecule has 2 atom stereocenters. The van der Waals surface area contributed by atoms with E-state index in [0.717, 1.165) is 18.2 Å². The van der Waals surface area contributed by atoms with Gasteiger partial charge in [-0.2, -0.15) is 5.26 Å². The summed E-state index contributed by atoms with van der Waals surface area (Å²) in [5.41, 5.74) is 1.17. The number of nitrogens with zero attached hydrogens (tertiary/aromatic N) is 4. The van der Waals surface area contributed by atoms with Crippen molar-refractivity contribution in [2.75, 3.05) is 38.0 Å². The molecule has 3 heterocycles.